The highest BCUT2D eigenvalue weighted by molar-refractivity contribution is 5.81. The molecule has 1 aliphatic heterocycles. The van der Waals surface area contributed by atoms with Crippen LogP contribution in [-0.2, 0) is 4.74 Å². The Balaban J connectivity index is 2.10. The van der Waals surface area contributed by atoms with Gasteiger partial charge in [0.25, 0.3) is 0 Å². The normalized spacial score (nSPS) is 16.0. The van der Waals surface area contributed by atoms with Crippen molar-refractivity contribution in [2.45, 2.75) is 26.1 Å². The molecule has 0 aliphatic carbocycles. The van der Waals surface area contributed by atoms with Crippen LogP contribution in [0.15, 0.2) is 29.3 Å². The number of rotatable bonds is 6. The molecular weight excluding hydrogens is 266 g/mol. The number of hydrogen-bond donors (Lipinski definition) is 1. The number of nitrogens with one attached hydrogen (secondary N) is 1. The zero-order valence-corrected chi connectivity index (χ0v) is 13.3. The summed E-state index contributed by atoms with van der Waals surface area (Å²) in [6, 6.07) is 7.99. The minimum Gasteiger partial charge on any atom is -0.496 e. The standard InChI is InChI=1S/C16H25N3O2/c1-12(2)21-15(11-18-16-17-9-10-19(16)3)13-7-5-6-8-14(13)20-4/h5-8,12,15H,9-11H2,1-4H3,(H,17,18). The molecule has 0 saturated heterocycles. The number of benzene rings is 1. The summed E-state index contributed by atoms with van der Waals surface area (Å²) >= 11 is 0. The van der Waals surface area contributed by atoms with Gasteiger partial charge in [0.1, 0.15) is 11.9 Å². The molecule has 1 atom stereocenters. The van der Waals surface area contributed by atoms with Gasteiger partial charge in [-0.05, 0) is 19.9 Å². The number of para-hydroxylation sites is 1. The molecule has 1 aromatic carbocycles. The van der Waals surface area contributed by atoms with Gasteiger partial charge in [-0.2, -0.15) is 0 Å². The topological polar surface area (TPSA) is 46.1 Å². The van der Waals surface area contributed by atoms with Crippen LogP contribution < -0.4 is 10.1 Å². The first-order valence-corrected chi connectivity index (χ1v) is 7.39. The number of likely N-dealkylation sites (N-methyl/N-ethyl adjacent to an activating group) is 1. The Morgan fingerprint density at radius 1 is 1.33 bits per heavy atom. The maximum Gasteiger partial charge on any atom is 0.193 e. The second-order valence-corrected chi connectivity index (χ2v) is 5.42. The first kappa shape index (κ1) is 15.6. The first-order chi connectivity index (χ1) is 10.1. The van der Waals surface area contributed by atoms with Crippen molar-refractivity contribution in [2.24, 2.45) is 4.99 Å². The molecule has 1 heterocycles. The Kier molecular flexibility index (Phi) is 5.44. The molecular formula is C16H25N3O2. The van der Waals surface area contributed by atoms with Gasteiger partial charge in [0.15, 0.2) is 5.96 Å². The van der Waals surface area contributed by atoms with Gasteiger partial charge < -0.3 is 19.7 Å². The molecule has 21 heavy (non-hydrogen) atoms. The Morgan fingerprint density at radius 2 is 2.10 bits per heavy atom. The summed E-state index contributed by atoms with van der Waals surface area (Å²) in [6.45, 7) is 6.57. The number of aliphatic imine (C=N–C) groups is 1. The van der Waals surface area contributed by atoms with Gasteiger partial charge in [0.2, 0.25) is 0 Å². The van der Waals surface area contributed by atoms with Crippen LogP contribution in [-0.4, -0.2) is 50.8 Å². The molecule has 0 spiro atoms. The van der Waals surface area contributed by atoms with E-state index in [2.05, 4.69) is 15.2 Å². The minimum atomic E-state index is -0.0714. The molecule has 5 nitrogen and oxygen atoms in total. The molecule has 1 N–H and O–H groups in total. The van der Waals surface area contributed by atoms with Gasteiger partial charge >= 0.3 is 0 Å². The molecule has 0 saturated carbocycles. The fourth-order valence-corrected chi connectivity index (χ4v) is 2.40. The Labute approximate surface area is 127 Å². The van der Waals surface area contributed by atoms with Gasteiger partial charge in [-0.25, -0.2) is 0 Å². The van der Waals surface area contributed by atoms with Gasteiger partial charge in [-0.15, -0.1) is 0 Å². The lowest BCUT2D eigenvalue weighted by Gasteiger charge is -2.24. The lowest BCUT2D eigenvalue weighted by Crippen LogP contribution is -2.38. The van der Waals surface area contributed by atoms with E-state index in [1.54, 1.807) is 7.11 Å². The average Bonchev–Trinajstić information content (AvgIpc) is 2.88. The van der Waals surface area contributed by atoms with Gasteiger partial charge in [0.05, 0.1) is 19.8 Å². The summed E-state index contributed by atoms with van der Waals surface area (Å²) in [6.07, 6.45) is 0.0720. The molecule has 1 aromatic rings. The van der Waals surface area contributed by atoms with Crippen LogP contribution in [0.1, 0.15) is 25.5 Å². The van der Waals surface area contributed by atoms with Crippen molar-refractivity contribution < 1.29 is 9.47 Å². The number of methoxy groups -OCH3 is 1. The number of nitrogens with zero attached hydrogens (tertiary/aromatic N) is 2. The van der Waals surface area contributed by atoms with Crippen molar-refractivity contribution in [3.05, 3.63) is 29.8 Å². The van der Waals surface area contributed by atoms with Gasteiger partial charge in [0, 0.05) is 25.7 Å². The van der Waals surface area contributed by atoms with E-state index < -0.39 is 0 Å². The first-order valence-electron chi connectivity index (χ1n) is 7.39. The molecule has 0 bridgehead atoms. The maximum absolute atomic E-state index is 6.06. The summed E-state index contributed by atoms with van der Waals surface area (Å²) in [4.78, 5) is 6.57. The van der Waals surface area contributed by atoms with Crippen molar-refractivity contribution in [1.82, 2.24) is 10.2 Å². The molecule has 5 heteroatoms. The average molecular weight is 291 g/mol. The molecule has 116 valence electrons. The highest BCUT2D eigenvalue weighted by Crippen LogP contribution is 2.28. The summed E-state index contributed by atoms with van der Waals surface area (Å²) in [5, 5.41) is 3.38. The van der Waals surface area contributed by atoms with E-state index in [4.69, 9.17) is 9.47 Å². The summed E-state index contributed by atoms with van der Waals surface area (Å²) in [5.41, 5.74) is 1.06. The predicted molar refractivity (Wildman–Crippen MR) is 84.9 cm³/mol. The predicted octanol–water partition coefficient (Wildman–Crippen LogP) is 2.05. The zero-order valence-electron chi connectivity index (χ0n) is 13.3. The monoisotopic (exact) mass is 291 g/mol. The fourth-order valence-electron chi connectivity index (χ4n) is 2.40. The largest absolute Gasteiger partial charge is 0.496 e. The van der Waals surface area contributed by atoms with Crippen LogP contribution in [0.4, 0.5) is 0 Å². The van der Waals surface area contributed by atoms with Crippen LogP contribution in [0.25, 0.3) is 0 Å². The van der Waals surface area contributed by atoms with E-state index >= 15 is 0 Å². The Bertz CT molecular complexity index is 488. The zero-order chi connectivity index (χ0) is 15.2. The lowest BCUT2D eigenvalue weighted by molar-refractivity contribution is 0.00803. The second kappa shape index (κ2) is 7.31. The van der Waals surface area contributed by atoms with Crippen molar-refractivity contribution in [1.29, 1.82) is 0 Å². The third-order valence-corrected chi connectivity index (χ3v) is 3.43. The minimum absolute atomic E-state index is 0.0714. The van der Waals surface area contributed by atoms with Crippen molar-refractivity contribution in [3.63, 3.8) is 0 Å². The van der Waals surface area contributed by atoms with Crippen molar-refractivity contribution >= 4 is 5.96 Å². The van der Waals surface area contributed by atoms with Gasteiger partial charge in [-0.1, -0.05) is 18.2 Å². The van der Waals surface area contributed by atoms with Gasteiger partial charge in [-0.3, -0.25) is 4.99 Å². The highest BCUT2D eigenvalue weighted by atomic mass is 16.5. The summed E-state index contributed by atoms with van der Waals surface area (Å²) in [5.74, 6) is 1.79. The van der Waals surface area contributed by atoms with Crippen LogP contribution in [0, 0.1) is 0 Å². The van der Waals surface area contributed by atoms with E-state index in [1.165, 1.54) is 0 Å². The van der Waals surface area contributed by atoms with E-state index in [1.807, 2.05) is 45.2 Å². The van der Waals surface area contributed by atoms with Crippen LogP contribution >= 0.6 is 0 Å². The molecule has 1 aliphatic rings. The summed E-state index contributed by atoms with van der Waals surface area (Å²) < 4.78 is 11.5. The molecule has 0 fully saturated rings. The molecule has 0 amide bonds. The van der Waals surface area contributed by atoms with Crippen LogP contribution in [0.5, 0.6) is 5.75 Å². The van der Waals surface area contributed by atoms with Crippen molar-refractivity contribution in [2.75, 3.05) is 33.8 Å². The second-order valence-electron chi connectivity index (χ2n) is 5.42. The maximum atomic E-state index is 6.06. The van der Waals surface area contributed by atoms with Crippen molar-refractivity contribution in [3.8, 4) is 5.75 Å². The van der Waals surface area contributed by atoms with Crippen LogP contribution in [0.3, 0.4) is 0 Å². The highest BCUT2D eigenvalue weighted by Gasteiger charge is 2.20. The number of hydrogen-bond acceptors (Lipinski definition) is 5. The molecule has 0 radical (unpaired) electrons. The fraction of sp³-hybridized carbons (Fsp3) is 0.562. The molecule has 0 aromatic heterocycles. The SMILES string of the molecule is COc1ccccc1C(CNC1=NCCN1C)OC(C)C. The third-order valence-electron chi connectivity index (χ3n) is 3.43. The lowest BCUT2D eigenvalue weighted by atomic mass is 10.1. The quantitative estimate of drug-likeness (QED) is 0.871. The van der Waals surface area contributed by atoms with E-state index in [0.29, 0.717) is 6.54 Å². The van der Waals surface area contributed by atoms with E-state index in [0.717, 1.165) is 30.4 Å². The van der Waals surface area contributed by atoms with Crippen LogP contribution in [0.2, 0.25) is 0 Å². The molecule has 1 unspecified atom stereocenters. The Hall–Kier alpha value is -1.75. The van der Waals surface area contributed by atoms with E-state index in [-0.39, 0.29) is 12.2 Å². The summed E-state index contributed by atoms with van der Waals surface area (Å²) in [7, 11) is 3.73. The third kappa shape index (κ3) is 4.11. The number of guanidine groups is 1. The number of ether oxygens (including phenoxy) is 2. The Morgan fingerprint density at radius 3 is 2.71 bits per heavy atom. The molecule has 2 rings (SSSR count). The van der Waals surface area contributed by atoms with E-state index in [9.17, 15) is 0 Å². The smallest absolute Gasteiger partial charge is 0.193 e.